The molecule has 0 saturated carbocycles. The van der Waals surface area contributed by atoms with Crippen LogP contribution in [0.1, 0.15) is 56.3 Å². The van der Waals surface area contributed by atoms with Crippen molar-refractivity contribution in [3.63, 3.8) is 0 Å². The molecule has 1 aromatic rings. The summed E-state index contributed by atoms with van der Waals surface area (Å²) < 4.78 is 5.15. The number of nitrogens with one attached hydrogen (secondary N) is 1. The molecular weight excluding hydrogens is 378 g/mol. The van der Waals surface area contributed by atoms with Crippen molar-refractivity contribution < 1.29 is 14.3 Å². The lowest BCUT2D eigenvalue weighted by atomic mass is 9.88. The van der Waals surface area contributed by atoms with Gasteiger partial charge in [0.2, 0.25) is 5.91 Å². The number of carbonyl (C=O) groups is 2. The van der Waals surface area contributed by atoms with Crippen molar-refractivity contribution in [2.45, 2.75) is 52.1 Å². The number of rotatable bonds is 8. The highest BCUT2D eigenvalue weighted by Gasteiger charge is 2.28. The molecule has 0 bridgehead atoms. The maximum atomic E-state index is 12.7. The van der Waals surface area contributed by atoms with Crippen LogP contribution >= 0.6 is 0 Å². The van der Waals surface area contributed by atoms with E-state index in [0.717, 1.165) is 37.0 Å². The molecule has 1 N–H and O–H groups in total. The number of amides is 1. The average molecular weight is 412 g/mol. The summed E-state index contributed by atoms with van der Waals surface area (Å²) >= 11 is 0. The van der Waals surface area contributed by atoms with Gasteiger partial charge in [0.15, 0.2) is 5.78 Å². The second-order valence-electron chi connectivity index (χ2n) is 8.38. The number of hydrogen-bond acceptors (Lipinski definition) is 5. The molecule has 0 radical (unpaired) electrons. The molecule has 0 aromatic heterocycles. The molecular formula is C24H33N3O3. The molecule has 1 atom stereocenters. The van der Waals surface area contributed by atoms with E-state index in [9.17, 15) is 9.59 Å². The number of nitrogens with zero attached hydrogens (tertiary/aromatic N) is 2. The van der Waals surface area contributed by atoms with E-state index in [1.807, 2.05) is 41.5 Å². The van der Waals surface area contributed by atoms with Gasteiger partial charge < -0.3 is 15.0 Å². The molecule has 2 aliphatic rings. The minimum atomic E-state index is -0.00976. The SMILES string of the molecule is COc1ccc(C(=O)C2CCN(C(=O)CCCC3N=CC=C(C(C)C)N3)CC2)cc1. The Bertz CT molecular complexity index is 790. The Morgan fingerprint density at radius 2 is 1.90 bits per heavy atom. The summed E-state index contributed by atoms with van der Waals surface area (Å²) in [6.45, 7) is 5.63. The van der Waals surface area contributed by atoms with E-state index in [4.69, 9.17) is 4.74 Å². The summed E-state index contributed by atoms with van der Waals surface area (Å²) in [6, 6.07) is 7.27. The standard InChI is InChI=1S/C24H33N3O3/c1-17(2)21-11-14-25-22(26-21)5-4-6-23(28)27-15-12-19(13-16-27)24(29)18-7-9-20(30-3)10-8-18/h7-11,14,17,19,22,26H,4-6,12-13,15-16H2,1-3H3. The van der Waals surface area contributed by atoms with Gasteiger partial charge in [-0.05, 0) is 61.9 Å². The normalized spacial score (nSPS) is 19.4. The van der Waals surface area contributed by atoms with Crippen LogP contribution in [0.2, 0.25) is 0 Å². The first kappa shape index (κ1) is 22.1. The molecule has 1 aromatic carbocycles. The fourth-order valence-electron chi connectivity index (χ4n) is 4.00. The number of likely N-dealkylation sites (tertiary alicyclic amines) is 1. The van der Waals surface area contributed by atoms with Crippen molar-refractivity contribution in [1.29, 1.82) is 0 Å². The van der Waals surface area contributed by atoms with Crippen molar-refractivity contribution in [3.05, 3.63) is 41.6 Å². The minimum absolute atomic E-state index is 0.00976. The monoisotopic (exact) mass is 411 g/mol. The van der Waals surface area contributed by atoms with Crippen LogP contribution in [0.15, 0.2) is 41.0 Å². The number of allylic oxidation sites excluding steroid dienone is 2. The van der Waals surface area contributed by atoms with E-state index in [-0.39, 0.29) is 23.8 Å². The molecule has 0 spiro atoms. The van der Waals surface area contributed by atoms with Crippen LogP contribution in [-0.4, -0.2) is 49.2 Å². The maximum absolute atomic E-state index is 12.7. The molecule has 1 unspecified atom stereocenters. The van der Waals surface area contributed by atoms with Crippen LogP contribution < -0.4 is 10.1 Å². The van der Waals surface area contributed by atoms with Crippen molar-refractivity contribution in [3.8, 4) is 5.75 Å². The smallest absolute Gasteiger partial charge is 0.222 e. The van der Waals surface area contributed by atoms with Crippen LogP contribution in [0.4, 0.5) is 0 Å². The number of benzene rings is 1. The van der Waals surface area contributed by atoms with Crippen LogP contribution in [0.3, 0.4) is 0 Å². The van der Waals surface area contributed by atoms with Crippen LogP contribution in [0, 0.1) is 11.8 Å². The second kappa shape index (κ2) is 10.4. The van der Waals surface area contributed by atoms with Gasteiger partial charge in [-0.3, -0.25) is 14.6 Å². The molecule has 162 valence electrons. The van der Waals surface area contributed by atoms with Gasteiger partial charge in [-0.1, -0.05) is 13.8 Å². The third-order valence-corrected chi connectivity index (χ3v) is 5.94. The van der Waals surface area contributed by atoms with E-state index in [2.05, 4.69) is 24.2 Å². The van der Waals surface area contributed by atoms with Gasteiger partial charge in [-0.2, -0.15) is 0 Å². The lowest BCUT2D eigenvalue weighted by Crippen LogP contribution is -2.40. The van der Waals surface area contributed by atoms with Gasteiger partial charge in [-0.25, -0.2) is 0 Å². The molecule has 6 heteroatoms. The lowest BCUT2D eigenvalue weighted by Gasteiger charge is -2.31. The lowest BCUT2D eigenvalue weighted by molar-refractivity contribution is -0.132. The number of methoxy groups -OCH3 is 1. The highest BCUT2D eigenvalue weighted by molar-refractivity contribution is 5.98. The molecule has 2 aliphatic heterocycles. The summed E-state index contributed by atoms with van der Waals surface area (Å²) in [5, 5.41) is 3.44. The van der Waals surface area contributed by atoms with E-state index in [0.29, 0.717) is 25.4 Å². The summed E-state index contributed by atoms with van der Waals surface area (Å²) in [4.78, 5) is 31.7. The first-order valence-electron chi connectivity index (χ1n) is 10.9. The van der Waals surface area contributed by atoms with Crippen molar-refractivity contribution in [2.24, 2.45) is 16.8 Å². The van der Waals surface area contributed by atoms with Crippen molar-refractivity contribution >= 4 is 17.9 Å². The zero-order valence-corrected chi connectivity index (χ0v) is 18.3. The molecule has 1 fully saturated rings. The highest BCUT2D eigenvalue weighted by Crippen LogP contribution is 2.24. The Morgan fingerprint density at radius 3 is 2.53 bits per heavy atom. The van der Waals surface area contributed by atoms with Crippen molar-refractivity contribution in [2.75, 3.05) is 20.2 Å². The number of aliphatic imine (C=N–C) groups is 1. The number of Topliss-reactive ketones (excluding diaryl/α,β-unsaturated/α-hetero) is 1. The number of hydrogen-bond donors (Lipinski definition) is 1. The summed E-state index contributed by atoms with van der Waals surface area (Å²) in [5.74, 6) is 1.54. The fraction of sp³-hybridized carbons (Fsp3) is 0.542. The number of ether oxygens (including phenoxy) is 1. The Kier molecular flexibility index (Phi) is 7.66. The molecule has 30 heavy (non-hydrogen) atoms. The molecule has 1 amide bonds. The summed E-state index contributed by atoms with van der Waals surface area (Å²) in [6.07, 6.45) is 7.59. The topological polar surface area (TPSA) is 71.0 Å². The molecule has 6 nitrogen and oxygen atoms in total. The van der Waals surface area contributed by atoms with Crippen LogP contribution in [0.25, 0.3) is 0 Å². The molecule has 0 aliphatic carbocycles. The van der Waals surface area contributed by atoms with Gasteiger partial charge in [0.25, 0.3) is 0 Å². The zero-order chi connectivity index (χ0) is 21.5. The largest absolute Gasteiger partial charge is 0.497 e. The number of carbonyl (C=O) groups excluding carboxylic acids is 2. The predicted molar refractivity (Wildman–Crippen MR) is 119 cm³/mol. The Hall–Kier alpha value is -2.63. The predicted octanol–water partition coefficient (Wildman–Crippen LogP) is 3.83. The Balaban J connectivity index is 1.39. The van der Waals surface area contributed by atoms with E-state index < -0.39 is 0 Å². The zero-order valence-electron chi connectivity index (χ0n) is 18.3. The van der Waals surface area contributed by atoms with Gasteiger partial charge in [0, 0.05) is 42.9 Å². The first-order chi connectivity index (χ1) is 14.5. The van der Waals surface area contributed by atoms with E-state index >= 15 is 0 Å². The molecule has 3 rings (SSSR count). The average Bonchev–Trinajstić information content (AvgIpc) is 2.79. The quantitative estimate of drug-likeness (QED) is 0.660. The van der Waals surface area contributed by atoms with E-state index in [1.54, 1.807) is 7.11 Å². The van der Waals surface area contributed by atoms with E-state index in [1.165, 1.54) is 5.70 Å². The van der Waals surface area contributed by atoms with Gasteiger partial charge in [0.05, 0.1) is 7.11 Å². The molecule has 1 saturated heterocycles. The third kappa shape index (κ3) is 5.71. The summed E-state index contributed by atoms with van der Waals surface area (Å²) in [5.41, 5.74) is 1.92. The number of ketones is 1. The number of piperidine rings is 1. The maximum Gasteiger partial charge on any atom is 0.222 e. The fourth-order valence-corrected chi connectivity index (χ4v) is 4.00. The Morgan fingerprint density at radius 1 is 1.20 bits per heavy atom. The highest BCUT2D eigenvalue weighted by atomic mass is 16.5. The second-order valence-corrected chi connectivity index (χ2v) is 8.38. The minimum Gasteiger partial charge on any atom is -0.497 e. The Labute approximate surface area is 179 Å². The van der Waals surface area contributed by atoms with Gasteiger partial charge in [-0.15, -0.1) is 0 Å². The summed E-state index contributed by atoms with van der Waals surface area (Å²) in [7, 11) is 1.61. The van der Waals surface area contributed by atoms with Crippen LogP contribution in [0.5, 0.6) is 5.75 Å². The van der Waals surface area contributed by atoms with Crippen LogP contribution in [-0.2, 0) is 4.79 Å². The third-order valence-electron chi connectivity index (χ3n) is 5.94. The van der Waals surface area contributed by atoms with Gasteiger partial charge >= 0.3 is 0 Å². The van der Waals surface area contributed by atoms with Crippen molar-refractivity contribution in [1.82, 2.24) is 10.2 Å². The first-order valence-corrected chi connectivity index (χ1v) is 10.9. The molecule has 2 heterocycles. The van der Waals surface area contributed by atoms with Gasteiger partial charge in [0.1, 0.15) is 11.9 Å².